The third-order valence-electron chi connectivity index (χ3n) is 5.58. The van der Waals surface area contributed by atoms with Gasteiger partial charge in [0.1, 0.15) is 5.75 Å². The van der Waals surface area contributed by atoms with Crippen LogP contribution in [0.4, 0.5) is 10.5 Å². The second-order valence-electron chi connectivity index (χ2n) is 7.82. The Hall–Kier alpha value is -1.75. The predicted molar refractivity (Wildman–Crippen MR) is 106 cm³/mol. The van der Waals surface area contributed by atoms with Crippen molar-refractivity contribution < 1.29 is 9.53 Å². The first-order valence-corrected chi connectivity index (χ1v) is 10.1. The van der Waals surface area contributed by atoms with Crippen LogP contribution in [0, 0.1) is 11.8 Å². The number of hydrogen-bond acceptors (Lipinski definition) is 3. The normalized spacial score (nSPS) is 22.2. The quantitative estimate of drug-likeness (QED) is 0.862. The van der Waals surface area contributed by atoms with E-state index >= 15 is 0 Å². The number of benzene rings is 1. The molecular formula is C21H33N3O2. The van der Waals surface area contributed by atoms with Crippen molar-refractivity contribution in [3.63, 3.8) is 0 Å². The number of piperidine rings is 2. The first-order chi connectivity index (χ1) is 12.6. The Labute approximate surface area is 157 Å². The van der Waals surface area contributed by atoms with Gasteiger partial charge in [-0.1, -0.05) is 6.92 Å². The van der Waals surface area contributed by atoms with Gasteiger partial charge in [-0.15, -0.1) is 0 Å². The Morgan fingerprint density at radius 1 is 1.15 bits per heavy atom. The molecule has 1 aromatic rings. The SMILES string of the molecule is CCOc1ccc(NC(=O)N2CCC(CN3CCC[C@@H](C)C3)CC2)cc1. The molecule has 2 amide bonds. The van der Waals surface area contributed by atoms with E-state index in [0.717, 1.165) is 49.2 Å². The van der Waals surface area contributed by atoms with Crippen LogP contribution in [0.25, 0.3) is 0 Å². The zero-order chi connectivity index (χ0) is 18.4. The molecule has 0 unspecified atom stereocenters. The van der Waals surface area contributed by atoms with E-state index in [0.29, 0.717) is 6.61 Å². The number of nitrogens with zero attached hydrogens (tertiary/aromatic N) is 2. The first kappa shape index (κ1) is 19.0. The number of amides is 2. The second kappa shape index (κ2) is 9.26. The number of urea groups is 1. The molecule has 0 saturated carbocycles. The summed E-state index contributed by atoms with van der Waals surface area (Å²) < 4.78 is 5.44. The van der Waals surface area contributed by atoms with E-state index in [9.17, 15) is 4.79 Å². The van der Waals surface area contributed by atoms with E-state index in [1.807, 2.05) is 36.1 Å². The lowest BCUT2D eigenvalue weighted by atomic mass is 9.94. The zero-order valence-corrected chi connectivity index (χ0v) is 16.2. The van der Waals surface area contributed by atoms with Gasteiger partial charge in [0.15, 0.2) is 0 Å². The number of rotatable bonds is 5. The summed E-state index contributed by atoms with van der Waals surface area (Å²) in [4.78, 5) is 17.1. The van der Waals surface area contributed by atoms with Crippen molar-refractivity contribution in [2.45, 2.75) is 39.5 Å². The number of ether oxygens (including phenoxy) is 1. The van der Waals surface area contributed by atoms with Gasteiger partial charge in [-0.05, 0) is 75.3 Å². The first-order valence-electron chi connectivity index (χ1n) is 10.1. The molecule has 0 bridgehead atoms. The number of carbonyl (C=O) groups excluding carboxylic acids is 1. The molecule has 2 saturated heterocycles. The molecule has 0 spiro atoms. The molecule has 2 aliphatic heterocycles. The number of anilines is 1. The van der Waals surface area contributed by atoms with Crippen LogP contribution in [0.2, 0.25) is 0 Å². The summed E-state index contributed by atoms with van der Waals surface area (Å²) in [5.41, 5.74) is 0.822. The Morgan fingerprint density at radius 3 is 2.54 bits per heavy atom. The Morgan fingerprint density at radius 2 is 1.88 bits per heavy atom. The van der Waals surface area contributed by atoms with Crippen LogP contribution in [-0.4, -0.2) is 55.2 Å². The molecule has 2 fully saturated rings. The monoisotopic (exact) mass is 359 g/mol. The van der Waals surface area contributed by atoms with Gasteiger partial charge in [0, 0.05) is 31.9 Å². The van der Waals surface area contributed by atoms with Crippen LogP contribution in [0.5, 0.6) is 5.75 Å². The maximum Gasteiger partial charge on any atom is 0.321 e. The van der Waals surface area contributed by atoms with E-state index in [4.69, 9.17) is 4.74 Å². The van der Waals surface area contributed by atoms with Crippen molar-refractivity contribution in [1.82, 2.24) is 9.80 Å². The number of carbonyl (C=O) groups is 1. The highest BCUT2D eigenvalue weighted by Crippen LogP contribution is 2.23. The van der Waals surface area contributed by atoms with Gasteiger partial charge in [0.25, 0.3) is 0 Å². The highest BCUT2D eigenvalue weighted by Gasteiger charge is 2.25. The molecule has 2 heterocycles. The summed E-state index contributed by atoms with van der Waals surface area (Å²) in [6.07, 6.45) is 4.94. The third kappa shape index (κ3) is 5.37. The molecule has 144 valence electrons. The summed E-state index contributed by atoms with van der Waals surface area (Å²) in [5.74, 6) is 2.40. The molecular weight excluding hydrogens is 326 g/mol. The van der Waals surface area contributed by atoms with Crippen molar-refractivity contribution in [3.8, 4) is 5.75 Å². The second-order valence-corrected chi connectivity index (χ2v) is 7.82. The van der Waals surface area contributed by atoms with E-state index < -0.39 is 0 Å². The van der Waals surface area contributed by atoms with Crippen molar-refractivity contribution >= 4 is 11.7 Å². The fourth-order valence-electron chi connectivity index (χ4n) is 4.14. The predicted octanol–water partition coefficient (Wildman–Crippen LogP) is 4.06. The standard InChI is InChI=1S/C21H33N3O2/c1-3-26-20-8-6-19(7-9-20)22-21(25)24-13-10-18(11-14-24)16-23-12-4-5-17(2)15-23/h6-9,17-18H,3-5,10-16H2,1-2H3,(H,22,25)/t17-/m1/s1. The Bertz CT molecular complexity index is 567. The lowest BCUT2D eigenvalue weighted by molar-refractivity contribution is 0.125. The molecule has 3 rings (SSSR count). The largest absolute Gasteiger partial charge is 0.494 e. The topological polar surface area (TPSA) is 44.8 Å². The smallest absolute Gasteiger partial charge is 0.321 e. The lowest BCUT2D eigenvalue weighted by Gasteiger charge is -2.37. The number of nitrogens with one attached hydrogen (secondary N) is 1. The minimum absolute atomic E-state index is 0.0132. The van der Waals surface area contributed by atoms with Gasteiger partial charge < -0.3 is 19.9 Å². The Kier molecular flexibility index (Phi) is 6.78. The van der Waals surface area contributed by atoms with Crippen LogP contribution in [0.3, 0.4) is 0 Å². The molecule has 0 aromatic heterocycles. The molecule has 1 atom stereocenters. The van der Waals surface area contributed by atoms with E-state index in [1.54, 1.807) is 0 Å². The van der Waals surface area contributed by atoms with Gasteiger partial charge in [0.2, 0.25) is 0 Å². The molecule has 1 aromatic carbocycles. The molecule has 2 aliphatic rings. The van der Waals surface area contributed by atoms with Crippen molar-refractivity contribution in [3.05, 3.63) is 24.3 Å². The molecule has 1 N–H and O–H groups in total. The summed E-state index contributed by atoms with van der Waals surface area (Å²) in [6, 6.07) is 7.59. The highest BCUT2D eigenvalue weighted by atomic mass is 16.5. The zero-order valence-electron chi connectivity index (χ0n) is 16.2. The maximum absolute atomic E-state index is 12.5. The number of hydrogen-bond donors (Lipinski definition) is 1. The summed E-state index contributed by atoms with van der Waals surface area (Å²) in [7, 11) is 0. The molecule has 5 nitrogen and oxygen atoms in total. The molecule has 5 heteroatoms. The average Bonchev–Trinajstić information content (AvgIpc) is 2.64. The fourth-order valence-corrected chi connectivity index (χ4v) is 4.14. The summed E-state index contributed by atoms with van der Waals surface area (Å²) in [5, 5.41) is 3.00. The van der Waals surface area contributed by atoms with Crippen LogP contribution < -0.4 is 10.1 Å². The van der Waals surface area contributed by atoms with Crippen molar-refractivity contribution in [2.75, 3.05) is 44.6 Å². The van der Waals surface area contributed by atoms with E-state index in [1.165, 1.54) is 32.5 Å². The van der Waals surface area contributed by atoms with Crippen molar-refractivity contribution in [2.24, 2.45) is 11.8 Å². The van der Waals surface area contributed by atoms with Crippen LogP contribution in [0.15, 0.2) is 24.3 Å². The molecule has 26 heavy (non-hydrogen) atoms. The molecule has 0 aliphatic carbocycles. The van der Waals surface area contributed by atoms with Gasteiger partial charge in [-0.3, -0.25) is 0 Å². The number of likely N-dealkylation sites (tertiary alicyclic amines) is 2. The molecule has 0 radical (unpaired) electrons. The van der Waals surface area contributed by atoms with Gasteiger partial charge in [-0.25, -0.2) is 4.79 Å². The Balaban J connectivity index is 1.41. The van der Waals surface area contributed by atoms with Gasteiger partial charge in [0.05, 0.1) is 6.61 Å². The van der Waals surface area contributed by atoms with E-state index in [-0.39, 0.29) is 6.03 Å². The minimum Gasteiger partial charge on any atom is -0.494 e. The fraction of sp³-hybridized carbons (Fsp3) is 0.667. The summed E-state index contributed by atoms with van der Waals surface area (Å²) in [6.45, 7) is 10.4. The average molecular weight is 360 g/mol. The van der Waals surface area contributed by atoms with E-state index in [2.05, 4.69) is 17.1 Å². The van der Waals surface area contributed by atoms with Crippen LogP contribution in [0.1, 0.15) is 39.5 Å². The minimum atomic E-state index is 0.0132. The third-order valence-corrected chi connectivity index (χ3v) is 5.58. The maximum atomic E-state index is 12.5. The van der Waals surface area contributed by atoms with Crippen LogP contribution in [-0.2, 0) is 0 Å². The van der Waals surface area contributed by atoms with Crippen molar-refractivity contribution in [1.29, 1.82) is 0 Å². The lowest BCUT2D eigenvalue weighted by Crippen LogP contribution is -2.44. The van der Waals surface area contributed by atoms with Gasteiger partial charge in [-0.2, -0.15) is 0 Å². The van der Waals surface area contributed by atoms with Gasteiger partial charge >= 0.3 is 6.03 Å². The highest BCUT2D eigenvalue weighted by molar-refractivity contribution is 5.89. The van der Waals surface area contributed by atoms with Crippen LogP contribution >= 0.6 is 0 Å². The summed E-state index contributed by atoms with van der Waals surface area (Å²) >= 11 is 0.